The molecule has 0 bridgehead atoms. The van der Waals surface area contributed by atoms with Gasteiger partial charge in [-0.1, -0.05) is 11.6 Å². The van der Waals surface area contributed by atoms with Gasteiger partial charge in [-0.2, -0.15) is 0 Å². The first kappa shape index (κ1) is 12.2. The van der Waals surface area contributed by atoms with Gasteiger partial charge in [0.05, 0.1) is 0 Å². The third kappa shape index (κ3) is 2.92. The van der Waals surface area contributed by atoms with E-state index in [1.54, 1.807) is 0 Å². The summed E-state index contributed by atoms with van der Waals surface area (Å²) in [7, 11) is 0. The van der Waals surface area contributed by atoms with Crippen molar-refractivity contribution in [3.63, 3.8) is 0 Å². The Labute approximate surface area is 105 Å². The van der Waals surface area contributed by atoms with Gasteiger partial charge >= 0.3 is 0 Å². The number of ether oxygens (including phenoxy) is 1. The molecule has 2 nitrogen and oxygen atoms in total. The highest BCUT2D eigenvalue weighted by Crippen LogP contribution is 2.39. The molecule has 1 aromatic carbocycles. The minimum absolute atomic E-state index is 0.145. The lowest BCUT2D eigenvalue weighted by Crippen LogP contribution is -2.40. The largest absolute Gasteiger partial charge is 0.381 e. The lowest BCUT2D eigenvalue weighted by molar-refractivity contribution is 0.0792. The lowest BCUT2D eigenvalue weighted by Gasteiger charge is -2.35. The van der Waals surface area contributed by atoms with E-state index >= 15 is 0 Å². The minimum atomic E-state index is 0.145. The van der Waals surface area contributed by atoms with E-state index in [1.165, 1.54) is 4.90 Å². The Hall–Kier alpha value is -0.220. The molecule has 0 aromatic heterocycles. The van der Waals surface area contributed by atoms with Crippen LogP contribution in [0.25, 0.3) is 0 Å². The predicted octanol–water partition coefficient (Wildman–Crippen LogP) is 2.94. The van der Waals surface area contributed by atoms with E-state index < -0.39 is 0 Å². The second-order valence-corrected chi connectivity index (χ2v) is 6.03. The molecule has 0 aliphatic carbocycles. The zero-order valence-electron chi connectivity index (χ0n) is 9.12. The second-order valence-electron chi connectivity index (χ2n) is 4.06. The first-order valence-electron chi connectivity index (χ1n) is 5.46. The molecule has 16 heavy (non-hydrogen) atoms. The van der Waals surface area contributed by atoms with Crippen molar-refractivity contribution >= 4 is 23.4 Å². The van der Waals surface area contributed by atoms with Crippen LogP contribution < -0.4 is 5.73 Å². The van der Waals surface area contributed by atoms with Crippen LogP contribution in [0.15, 0.2) is 29.2 Å². The minimum Gasteiger partial charge on any atom is -0.381 e. The fraction of sp³-hybridized carbons (Fsp3) is 0.500. The van der Waals surface area contributed by atoms with Crippen LogP contribution in [0, 0.1) is 0 Å². The van der Waals surface area contributed by atoms with Gasteiger partial charge in [-0.3, -0.25) is 0 Å². The number of benzene rings is 1. The molecular formula is C12H16ClNOS. The highest BCUT2D eigenvalue weighted by Gasteiger charge is 2.32. The van der Waals surface area contributed by atoms with Crippen molar-refractivity contribution in [3.8, 4) is 0 Å². The van der Waals surface area contributed by atoms with Crippen LogP contribution in [0.1, 0.15) is 12.8 Å². The summed E-state index contributed by atoms with van der Waals surface area (Å²) in [6.07, 6.45) is 2.05. The summed E-state index contributed by atoms with van der Waals surface area (Å²) in [6.45, 7) is 2.33. The first-order valence-corrected chi connectivity index (χ1v) is 6.66. The SMILES string of the molecule is NCC1(Sc2ccc(Cl)cc2)CCOCC1. The van der Waals surface area contributed by atoms with Crippen molar-refractivity contribution in [3.05, 3.63) is 29.3 Å². The van der Waals surface area contributed by atoms with Gasteiger partial charge in [0, 0.05) is 34.4 Å². The van der Waals surface area contributed by atoms with Crippen molar-refractivity contribution in [2.45, 2.75) is 22.5 Å². The van der Waals surface area contributed by atoms with E-state index in [0.717, 1.165) is 31.1 Å². The van der Waals surface area contributed by atoms with Gasteiger partial charge < -0.3 is 10.5 Å². The van der Waals surface area contributed by atoms with Crippen molar-refractivity contribution in [2.75, 3.05) is 19.8 Å². The lowest BCUT2D eigenvalue weighted by atomic mass is 9.99. The molecule has 0 atom stereocenters. The zero-order valence-corrected chi connectivity index (χ0v) is 10.7. The van der Waals surface area contributed by atoms with E-state index in [4.69, 9.17) is 22.1 Å². The molecule has 0 amide bonds. The molecule has 0 saturated carbocycles. The third-order valence-electron chi connectivity index (χ3n) is 2.92. The normalized spacial score (nSPS) is 19.6. The number of thioether (sulfide) groups is 1. The quantitative estimate of drug-likeness (QED) is 0.904. The maximum absolute atomic E-state index is 5.91. The molecular weight excluding hydrogens is 242 g/mol. The summed E-state index contributed by atoms with van der Waals surface area (Å²) in [4.78, 5) is 1.23. The van der Waals surface area contributed by atoms with Gasteiger partial charge in [-0.25, -0.2) is 0 Å². The number of halogens is 1. The van der Waals surface area contributed by atoms with Gasteiger partial charge in [0.25, 0.3) is 0 Å². The monoisotopic (exact) mass is 257 g/mol. The van der Waals surface area contributed by atoms with Gasteiger partial charge in [0.15, 0.2) is 0 Å². The Morgan fingerprint density at radius 3 is 2.44 bits per heavy atom. The van der Waals surface area contributed by atoms with E-state index in [1.807, 2.05) is 23.9 Å². The molecule has 0 unspecified atom stereocenters. The van der Waals surface area contributed by atoms with Crippen LogP contribution in [-0.4, -0.2) is 24.5 Å². The van der Waals surface area contributed by atoms with Gasteiger partial charge in [-0.15, -0.1) is 11.8 Å². The Balaban J connectivity index is 2.08. The van der Waals surface area contributed by atoms with Crippen LogP contribution >= 0.6 is 23.4 Å². The number of nitrogens with two attached hydrogens (primary N) is 1. The fourth-order valence-electron chi connectivity index (χ4n) is 1.84. The van der Waals surface area contributed by atoms with Crippen molar-refractivity contribution < 1.29 is 4.74 Å². The van der Waals surface area contributed by atoms with Crippen LogP contribution in [0.4, 0.5) is 0 Å². The maximum Gasteiger partial charge on any atom is 0.0479 e. The summed E-state index contributed by atoms with van der Waals surface area (Å²) < 4.78 is 5.54. The summed E-state index contributed by atoms with van der Waals surface area (Å²) in [6, 6.07) is 7.96. The summed E-state index contributed by atoms with van der Waals surface area (Å²) in [5.41, 5.74) is 5.91. The van der Waals surface area contributed by atoms with Crippen molar-refractivity contribution in [2.24, 2.45) is 5.73 Å². The van der Waals surface area contributed by atoms with E-state index in [0.29, 0.717) is 6.54 Å². The van der Waals surface area contributed by atoms with Gasteiger partial charge in [0.2, 0.25) is 0 Å². The standard InChI is InChI=1S/C12H16ClNOS/c13-10-1-3-11(4-2-10)16-12(9-14)5-7-15-8-6-12/h1-4H,5-9,14H2. The van der Waals surface area contributed by atoms with E-state index in [2.05, 4.69) is 12.1 Å². The summed E-state index contributed by atoms with van der Waals surface area (Å²) >= 11 is 7.73. The molecule has 0 spiro atoms. The topological polar surface area (TPSA) is 35.2 Å². The third-order valence-corrected chi connectivity index (χ3v) is 4.69. The summed E-state index contributed by atoms with van der Waals surface area (Å²) in [5.74, 6) is 0. The molecule has 1 saturated heterocycles. The molecule has 2 rings (SSSR count). The summed E-state index contributed by atoms with van der Waals surface area (Å²) in [5, 5.41) is 0.776. The molecule has 1 aliphatic heterocycles. The van der Waals surface area contributed by atoms with Crippen LogP contribution in [0.3, 0.4) is 0 Å². The van der Waals surface area contributed by atoms with Gasteiger partial charge in [-0.05, 0) is 37.1 Å². The Morgan fingerprint density at radius 2 is 1.88 bits per heavy atom. The van der Waals surface area contributed by atoms with E-state index in [-0.39, 0.29) is 4.75 Å². The molecule has 1 aliphatic rings. The number of hydrogen-bond donors (Lipinski definition) is 1. The Kier molecular flexibility index (Phi) is 4.14. The van der Waals surface area contributed by atoms with Crippen molar-refractivity contribution in [1.29, 1.82) is 0 Å². The highest BCUT2D eigenvalue weighted by atomic mass is 35.5. The molecule has 4 heteroatoms. The maximum atomic E-state index is 5.91. The molecule has 88 valence electrons. The fourth-order valence-corrected chi connectivity index (χ4v) is 3.20. The molecule has 1 heterocycles. The van der Waals surface area contributed by atoms with E-state index in [9.17, 15) is 0 Å². The molecule has 0 radical (unpaired) electrons. The second kappa shape index (κ2) is 5.41. The number of hydrogen-bond acceptors (Lipinski definition) is 3. The first-order chi connectivity index (χ1) is 7.74. The average Bonchev–Trinajstić information content (AvgIpc) is 2.33. The van der Waals surface area contributed by atoms with Crippen LogP contribution in [0.2, 0.25) is 5.02 Å². The smallest absolute Gasteiger partial charge is 0.0479 e. The van der Waals surface area contributed by atoms with Crippen LogP contribution in [0.5, 0.6) is 0 Å². The Bertz CT molecular complexity index is 335. The molecule has 2 N–H and O–H groups in total. The Morgan fingerprint density at radius 1 is 1.25 bits per heavy atom. The van der Waals surface area contributed by atoms with Crippen LogP contribution in [-0.2, 0) is 4.74 Å². The predicted molar refractivity (Wildman–Crippen MR) is 69.1 cm³/mol. The zero-order chi connectivity index (χ0) is 11.4. The highest BCUT2D eigenvalue weighted by molar-refractivity contribution is 8.00. The van der Waals surface area contributed by atoms with Crippen molar-refractivity contribution in [1.82, 2.24) is 0 Å². The molecule has 1 aromatic rings. The van der Waals surface area contributed by atoms with Gasteiger partial charge in [0.1, 0.15) is 0 Å². The average molecular weight is 258 g/mol. The number of rotatable bonds is 3. The molecule has 1 fully saturated rings.